The van der Waals surface area contributed by atoms with Crippen LogP contribution in [0.5, 0.6) is 0 Å². The number of carbonyl (C=O) groups excluding carboxylic acids is 2. The molecule has 0 aromatic heterocycles. The van der Waals surface area contributed by atoms with Crippen molar-refractivity contribution in [1.29, 1.82) is 0 Å². The lowest BCUT2D eigenvalue weighted by atomic mass is 9.95. The van der Waals surface area contributed by atoms with E-state index in [9.17, 15) is 18.0 Å². The van der Waals surface area contributed by atoms with Crippen LogP contribution < -0.4 is 9.62 Å². The lowest BCUT2D eigenvalue weighted by Gasteiger charge is -2.33. The Labute approximate surface area is 246 Å². The van der Waals surface area contributed by atoms with Gasteiger partial charge in [0, 0.05) is 17.6 Å². The average Bonchev–Trinajstić information content (AvgIpc) is 2.96. The Bertz CT molecular complexity index is 1420. The van der Waals surface area contributed by atoms with Crippen molar-refractivity contribution < 1.29 is 18.0 Å². The number of hydrogen-bond acceptors (Lipinski definition) is 4. The molecular formula is C30H33Cl2N3O4S. The topological polar surface area (TPSA) is 86.8 Å². The molecule has 10 heteroatoms. The number of nitrogens with one attached hydrogen (secondary N) is 1. The van der Waals surface area contributed by atoms with Gasteiger partial charge in [-0.15, -0.1) is 0 Å². The van der Waals surface area contributed by atoms with Gasteiger partial charge in [-0.1, -0.05) is 91.0 Å². The number of anilines is 1. The minimum absolute atomic E-state index is 0.00603. The van der Waals surface area contributed by atoms with Crippen molar-refractivity contribution in [3.63, 3.8) is 0 Å². The quantitative estimate of drug-likeness (QED) is 0.306. The number of hydrogen-bond donors (Lipinski definition) is 1. The molecule has 2 amide bonds. The fraction of sp³-hybridized carbons (Fsp3) is 0.333. The molecule has 212 valence electrons. The number of benzene rings is 3. The van der Waals surface area contributed by atoms with E-state index in [0.717, 1.165) is 42.0 Å². The minimum atomic E-state index is -4.20. The highest BCUT2D eigenvalue weighted by atomic mass is 35.5. The van der Waals surface area contributed by atoms with Gasteiger partial charge in [0.25, 0.3) is 10.0 Å². The normalized spacial score (nSPS) is 14.8. The molecule has 3 aromatic rings. The first-order valence-corrected chi connectivity index (χ1v) is 15.5. The highest BCUT2D eigenvalue weighted by Gasteiger charge is 2.34. The maximum Gasteiger partial charge on any atom is 0.264 e. The van der Waals surface area contributed by atoms with Crippen LogP contribution in [0.1, 0.15) is 44.6 Å². The zero-order chi connectivity index (χ0) is 28.7. The highest BCUT2D eigenvalue weighted by Crippen LogP contribution is 2.33. The molecule has 0 radical (unpaired) electrons. The van der Waals surface area contributed by atoms with Crippen LogP contribution in [0.4, 0.5) is 5.69 Å². The lowest BCUT2D eigenvalue weighted by Crippen LogP contribution is -2.53. The van der Waals surface area contributed by atoms with Crippen molar-refractivity contribution in [3.8, 4) is 0 Å². The van der Waals surface area contributed by atoms with E-state index in [1.165, 1.54) is 35.2 Å². The van der Waals surface area contributed by atoms with E-state index in [2.05, 4.69) is 5.32 Å². The van der Waals surface area contributed by atoms with Crippen molar-refractivity contribution in [2.24, 2.45) is 0 Å². The Morgan fingerprint density at radius 3 is 2.17 bits per heavy atom. The number of halogens is 2. The summed E-state index contributed by atoms with van der Waals surface area (Å²) in [6.45, 7) is 1.24. The van der Waals surface area contributed by atoms with Gasteiger partial charge in [0.1, 0.15) is 12.6 Å². The van der Waals surface area contributed by atoms with E-state index in [4.69, 9.17) is 23.2 Å². The molecule has 1 aliphatic carbocycles. The molecule has 1 atom stereocenters. The molecule has 40 heavy (non-hydrogen) atoms. The summed E-state index contributed by atoms with van der Waals surface area (Å²) < 4.78 is 28.7. The first kappa shape index (κ1) is 29.9. The molecule has 0 heterocycles. The molecule has 0 spiro atoms. The summed E-state index contributed by atoms with van der Waals surface area (Å²) in [5, 5.41) is 3.51. The summed E-state index contributed by atoms with van der Waals surface area (Å²) in [5.41, 5.74) is 0.928. The molecule has 1 N–H and O–H groups in total. The van der Waals surface area contributed by atoms with Crippen molar-refractivity contribution >= 4 is 50.7 Å². The van der Waals surface area contributed by atoms with E-state index in [1.807, 2.05) is 30.3 Å². The van der Waals surface area contributed by atoms with Gasteiger partial charge in [-0.05, 0) is 55.7 Å². The van der Waals surface area contributed by atoms with Gasteiger partial charge in [0.2, 0.25) is 11.8 Å². The minimum Gasteiger partial charge on any atom is -0.352 e. The second kappa shape index (κ2) is 13.5. The number of amides is 2. The van der Waals surface area contributed by atoms with E-state index in [0.29, 0.717) is 5.02 Å². The van der Waals surface area contributed by atoms with Crippen LogP contribution in [0.25, 0.3) is 0 Å². The van der Waals surface area contributed by atoms with Crippen molar-refractivity contribution in [2.75, 3.05) is 10.8 Å². The summed E-state index contributed by atoms with van der Waals surface area (Å²) in [7, 11) is -4.20. The predicted molar refractivity (Wildman–Crippen MR) is 159 cm³/mol. The van der Waals surface area contributed by atoms with Gasteiger partial charge in [-0.3, -0.25) is 13.9 Å². The van der Waals surface area contributed by atoms with Crippen molar-refractivity contribution in [1.82, 2.24) is 10.2 Å². The summed E-state index contributed by atoms with van der Waals surface area (Å²) in [6, 6.07) is 20.8. The summed E-state index contributed by atoms with van der Waals surface area (Å²) >= 11 is 12.5. The molecule has 1 fully saturated rings. The van der Waals surface area contributed by atoms with E-state index in [1.54, 1.807) is 25.1 Å². The van der Waals surface area contributed by atoms with Gasteiger partial charge in [0.05, 0.1) is 15.6 Å². The van der Waals surface area contributed by atoms with Crippen LogP contribution in [0.3, 0.4) is 0 Å². The average molecular weight is 603 g/mol. The third-order valence-corrected chi connectivity index (χ3v) is 9.41. The molecule has 4 rings (SSSR count). The van der Waals surface area contributed by atoms with Crippen LogP contribution in [-0.2, 0) is 26.2 Å². The van der Waals surface area contributed by atoms with E-state index >= 15 is 0 Å². The van der Waals surface area contributed by atoms with Crippen LogP contribution in [0.2, 0.25) is 10.0 Å². The zero-order valence-corrected chi connectivity index (χ0v) is 24.6. The largest absolute Gasteiger partial charge is 0.352 e. The smallest absolute Gasteiger partial charge is 0.264 e. The first-order valence-electron chi connectivity index (χ1n) is 13.3. The van der Waals surface area contributed by atoms with Crippen molar-refractivity contribution in [3.05, 3.63) is 94.5 Å². The maximum absolute atomic E-state index is 14.0. The molecule has 1 aliphatic rings. The molecule has 1 saturated carbocycles. The summed E-state index contributed by atoms with van der Waals surface area (Å²) in [4.78, 5) is 28.8. The molecule has 0 aliphatic heterocycles. The van der Waals surface area contributed by atoms with Gasteiger partial charge < -0.3 is 10.2 Å². The molecule has 0 saturated heterocycles. The molecule has 7 nitrogen and oxygen atoms in total. The van der Waals surface area contributed by atoms with Crippen LogP contribution >= 0.6 is 23.2 Å². The molecule has 3 aromatic carbocycles. The fourth-order valence-corrected chi connectivity index (χ4v) is 6.86. The van der Waals surface area contributed by atoms with Gasteiger partial charge in [0.15, 0.2) is 0 Å². The summed E-state index contributed by atoms with van der Waals surface area (Å²) in [5.74, 6) is -0.807. The van der Waals surface area contributed by atoms with E-state index < -0.39 is 28.5 Å². The molecule has 0 bridgehead atoms. The van der Waals surface area contributed by atoms with Crippen molar-refractivity contribution in [2.45, 2.75) is 62.6 Å². The maximum atomic E-state index is 14.0. The fourth-order valence-electron chi connectivity index (χ4n) is 4.85. The zero-order valence-electron chi connectivity index (χ0n) is 22.3. The Balaban J connectivity index is 1.68. The second-order valence-electron chi connectivity index (χ2n) is 9.95. The monoisotopic (exact) mass is 601 g/mol. The summed E-state index contributed by atoms with van der Waals surface area (Å²) in [6.07, 6.45) is 5.08. The third-order valence-electron chi connectivity index (χ3n) is 7.10. The lowest BCUT2D eigenvalue weighted by molar-refractivity contribution is -0.139. The van der Waals surface area contributed by atoms with Crippen LogP contribution in [-0.4, -0.2) is 43.8 Å². The van der Waals surface area contributed by atoms with E-state index in [-0.39, 0.29) is 34.1 Å². The third kappa shape index (κ3) is 7.36. The molecular weight excluding hydrogens is 569 g/mol. The number of sulfonamides is 1. The van der Waals surface area contributed by atoms with Crippen LogP contribution in [0, 0.1) is 0 Å². The standard InChI is InChI=1S/C30H33Cl2N3O4S/c1-22(30(37)33-25-13-7-3-8-14-25)34(20-23-11-5-2-6-12-23)29(36)21-35(28-18-17-24(31)19-27(28)32)40(38,39)26-15-9-4-10-16-26/h2,4-6,9-12,15-19,22,25H,3,7-8,13-14,20-21H2,1H3,(H,33,37)/t22-/m1/s1. The highest BCUT2D eigenvalue weighted by molar-refractivity contribution is 7.92. The molecule has 0 unspecified atom stereocenters. The second-order valence-corrected chi connectivity index (χ2v) is 12.7. The van der Waals surface area contributed by atoms with Gasteiger partial charge in [-0.2, -0.15) is 0 Å². The Morgan fingerprint density at radius 2 is 1.55 bits per heavy atom. The number of nitrogens with zero attached hydrogens (tertiary/aromatic N) is 2. The predicted octanol–water partition coefficient (Wildman–Crippen LogP) is 6.05. The number of carbonyl (C=O) groups is 2. The Kier molecular flexibility index (Phi) is 10.1. The van der Waals surface area contributed by atoms with Gasteiger partial charge >= 0.3 is 0 Å². The number of rotatable bonds is 10. The SMILES string of the molecule is C[C@H](C(=O)NC1CCCCC1)N(Cc1ccccc1)C(=O)CN(c1ccc(Cl)cc1Cl)S(=O)(=O)c1ccccc1. The first-order chi connectivity index (χ1) is 19.2. The Morgan fingerprint density at radius 1 is 0.925 bits per heavy atom. The van der Waals surface area contributed by atoms with Crippen LogP contribution in [0.15, 0.2) is 83.8 Å². The van der Waals surface area contributed by atoms with Gasteiger partial charge in [-0.25, -0.2) is 8.42 Å². The Hall–Kier alpha value is -3.07.